The normalized spacial score (nSPS) is 26.3. The summed E-state index contributed by atoms with van der Waals surface area (Å²) in [5, 5.41) is 0. The van der Waals surface area contributed by atoms with E-state index in [2.05, 4.69) is 37.8 Å². The molecule has 1 aliphatic heterocycles. The van der Waals surface area contributed by atoms with Gasteiger partial charge in [0.1, 0.15) is 5.75 Å². The summed E-state index contributed by atoms with van der Waals surface area (Å²) in [7, 11) is 1.69. The fraction of sp³-hybridized carbons (Fsp3) is 0.647. The zero-order valence-electron chi connectivity index (χ0n) is 13.6. The summed E-state index contributed by atoms with van der Waals surface area (Å²) < 4.78 is 11.1. The number of hydrogen-bond acceptors (Lipinski definition) is 4. The van der Waals surface area contributed by atoms with Crippen LogP contribution in [0.4, 0.5) is 0 Å². The van der Waals surface area contributed by atoms with Gasteiger partial charge in [0, 0.05) is 19.1 Å². The third-order valence-electron chi connectivity index (χ3n) is 4.18. The monoisotopic (exact) mass is 292 g/mol. The summed E-state index contributed by atoms with van der Waals surface area (Å²) in [5.74, 6) is 0.881. The fourth-order valence-electron chi connectivity index (χ4n) is 3.20. The molecule has 2 rings (SSSR count). The molecule has 1 saturated heterocycles. The van der Waals surface area contributed by atoms with Gasteiger partial charge in [-0.05, 0) is 38.0 Å². The summed E-state index contributed by atoms with van der Waals surface area (Å²) in [6.45, 7) is 8.26. The minimum absolute atomic E-state index is 0.121. The molecular weight excluding hydrogens is 264 g/mol. The molecule has 0 radical (unpaired) electrons. The SMILES string of the molecule is CCC(N)C(c1ccc(OC)cc1)N1C[C@@H](C)O[C@@H](C)C1. The van der Waals surface area contributed by atoms with E-state index in [9.17, 15) is 0 Å². The molecule has 0 aliphatic carbocycles. The minimum Gasteiger partial charge on any atom is -0.497 e. The van der Waals surface area contributed by atoms with E-state index in [1.165, 1.54) is 5.56 Å². The van der Waals surface area contributed by atoms with Gasteiger partial charge in [0.05, 0.1) is 25.4 Å². The van der Waals surface area contributed by atoms with E-state index in [1.54, 1.807) is 7.11 Å². The van der Waals surface area contributed by atoms with Crippen LogP contribution in [0, 0.1) is 0 Å². The molecule has 4 atom stereocenters. The van der Waals surface area contributed by atoms with Crippen LogP contribution in [0.2, 0.25) is 0 Å². The first-order valence-corrected chi connectivity index (χ1v) is 7.84. The summed E-state index contributed by atoms with van der Waals surface area (Å²) in [6, 6.07) is 8.63. The van der Waals surface area contributed by atoms with Gasteiger partial charge >= 0.3 is 0 Å². The third kappa shape index (κ3) is 3.96. The maximum Gasteiger partial charge on any atom is 0.118 e. The van der Waals surface area contributed by atoms with Crippen LogP contribution < -0.4 is 10.5 Å². The number of benzene rings is 1. The Kier molecular flexibility index (Phi) is 5.62. The average molecular weight is 292 g/mol. The van der Waals surface area contributed by atoms with Gasteiger partial charge in [-0.3, -0.25) is 4.90 Å². The first-order valence-electron chi connectivity index (χ1n) is 7.84. The van der Waals surface area contributed by atoms with Crippen molar-refractivity contribution in [2.75, 3.05) is 20.2 Å². The Labute approximate surface area is 128 Å². The van der Waals surface area contributed by atoms with Gasteiger partial charge in [-0.2, -0.15) is 0 Å². The molecule has 21 heavy (non-hydrogen) atoms. The van der Waals surface area contributed by atoms with Crippen molar-refractivity contribution in [3.05, 3.63) is 29.8 Å². The lowest BCUT2D eigenvalue weighted by atomic mass is 9.95. The number of nitrogens with zero attached hydrogens (tertiary/aromatic N) is 1. The Morgan fingerprint density at radius 2 is 1.81 bits per heavy atom. The van der Waals surface area contributed by atoms with Crippen LogP contribution in [-0.4, -0.2) is 43.3 Å². The highest BCUT2D eigenvalue weighted by Gasteiger charge is 2.31. The zero-order valence-corrected chi connectivity index (χ0v) is 13.6. The maximum absolute atomic E-state index is 6.43. The standard InChI is InChI=1S/C17H28N2O2/c1-5-16(18)17(14-6-8-15(20-4)9-7-14)19-10-12(2)21-13(3)11-19/h6-9,12-13,16-17H,5,10-11,18H2,1-4H3/t12-,13+,16?,17?. The lowest BCUT2D eigenvalue weighted by molar-refractivity contribution is -0.0838. The molecule has 2 N–H and O–H groups in total. The zero-order chi connectivity index (χ0) is 15.4. The van der Waals surface area contributed by atoms with E-state index < -0.39 is 0 Å². The Morgan fingerprint density at radius 3 is 2.29 bits per heavy atom. The quantitative estimate of drug-likeness (QED) is 0.906. The van der Waals surface area contributed by atoms with E-state index in [-0.39, 0.29) is 24.3 Å². The van der Waals surface area contributed by atoms with Crippen LogP contribution in [0.3, 0.4) is 0 Å². The Hall–Kier alpha value is -1.10. The molecule has 0 amide bonds. The van der Waals surface area contributed by atoms with Crippen molar-refractivity contribution < 1.29 is 9.47 Å². The molecule has 0 bridgehead atoms. The number of methoxy groups -OCH3 is 1. The smallest absolute Gasteiger partial charge is 0.118 e. The van der Waals surface area contributed by atoms with Crippen molar-refractivity contribution in [1.29, 1.82) is 0 Å². The van der Waals surface area contributed by atoms with Crippen molar-refractivity contribution >= 4 is 0 Å². The largest absolute Gasteiger partial charge is 0.497 e. The van der Waals surface area contributed by atoms with E-state index in [0.29, 0.717) is 0 Å². The van der Waals surface area contributed by atoms with Crippen molar-refractivity contribution in [3.63, 3.8) is 0 Å². The molecule has 4 nitrogen and oxygen atoms in total. The minimum atomic E-state index is 0.121. The van der Waals surface area contributed by atoms with Gasteiger partial charge in [0.25, 0.3) is 0 Å². The van der Waals surface area contributed by atoms with E-state index >= 15 is 0 Å². The van der Waals surface area contributed by atoms with Gasteiger partial charge in [-0.1, -0.05) is 19.1 Å². The van der Waals surface area contributed by atoms with Crippen LogP contribution in [0.5, 0.6) is 5.75 Å². The predicted octanol–water partition coefficient (Wildman–Crippen LogP) is 2.58. The van der Waals surface area contributed by atoms with Crippen LogP contribution in [0.1, 0.15) is 38.8 Å². The lowest BCUT2D eigenvalue weighted by Crippen LogP contribution is -2.51. The van der Waals surface area contributed by atoms with Crippen molar-refractivity contribution in [2.24, 2.45) is 5.73 Å². The highest BCUT2D eigenvalue weighted by atomic mass is 16.5. The molecule has 1 aromatic carbocycles. The lowest BCUT2D eigenvalue weighted by Gasteiger charge is -2.42. The summed E-state index contributed by atoms with van der Waals surface area (Å²) in [6.07, 6.45) is 1.45. The number of ether oxygens (including phenoxy) is 2. The van der Waals surface area contributed by atoms with Gasteiger partial charge in [0.15, 0.2) is 0 Å². The number of rotatable bonds is 5. The highest BCUT2D eigenvalue weighted by Crippen LogP contribution is 2.29. The van der Waals surface area contributed by atoms with Crippen LogP contribution in [-0.2, 0) is 4.74 Å². The van der Waals surface area contributed by atoms with Crippen molar-refractivity contribution in [3.8, 4) is 5.75 Å². The van der Waals surface area contributed by atoms with Crippen LogP contribution >= 0.6 is 0 Å². The van der Waals surface area contributed by atoms with E-state index in [1.807, 2.05) is 12.1 Å². The molecule has 2 unspecified atom stereocenters. The first kappa shape index (κ1) is 16.3. The van der Waals surface area contributed by atoms with E-state index in [0.717, 1.165) is 25.3 Å². The number of nitrogens with two attached hydrogens (primary N) is 1. The van der Waals surface area contributed by atoms with E-state index in [4.69, 9.17) is 15.2 Å². The Morgan fingerprint density at radius 1 is 1.24 bits per heavy atom. The molecule has 118 valence electrons. The van der Waals surface area contributed by atoms with Gasteiger partial charge in [0.2, 0.25) is 0 Å². The maximum atomic E-state index is 6.43. The third-order valence-corrected chi connectivity index (χ3v) is 4.18. The molecule has 1 heterocycles. The van der Waals surface area contributed by atoms with Gasteiger partial charge in [-0.15, -0.1) is 0 Å². The molecule has 1 aliphatic rings. The number of hydrogen-bond donors (Lipinski definition) is 1. The second kappa shape index (κ2) is 7.25. The average Bonchev–Trinajstić information content (AvgIpc) is 2.47. The first-order chi connectivity index (χ1) is 10.0. The van der Waals surface area contributed by atoms with Crippen molar-refractivity contribution in [2.45, 2.75) is 51.5 Å². The predicted molar refractivity (Wildman–Crippen MR) is 85.6 cm³/mol. The Balaban J connectivity index is 2.24. The topological polar surface area (TPSA) is 47.7 Å². The fourth-order valence-corrected chi connectivity index (χ4v) is 3.20. The summed E-state index contributed by atoms with van der Waals surface area (Å²) >= 11 is 0. The molecule has 4 heteroatoms. The van der Waals surface area contributed by atoms with Crippen molar-refractivity contribution in [1.82, 2.24) is 4.90 Å². The molecule has 1 fully saturated rings. The van der Waals surface area contributed by atoms with Gasteiger partial charge < -0.3 is 15.2 Å². The second-order valence-corrected chi connectivity index (χ2v) is 6.00. The molecule has 0 aromatic heterocycles. The second-order valence-electron chi connectivity index (χ2n) is 6.00. The molecule has 0 spiro atoms. The van der Waals surface area contributed by atoms with Gasteiger partial charge in [-0.25, -0.2) is 0 Å². The molecular formula is C17H28N2O2. The molecule has 1 aromatic rings. The van der Waals surface area contributed by atoms with Crippen LogP contribution in [0.15, 0.2) is 24.3 Å². The number of morpholine rings is 1. The Bertz CT molecular complexity index is 425. The summed E-state index contributed by atoms with van der Waals surface area (Å²) in [5.41, 5.74) is 7.68. The highest BCUT2D eigenvalue weighted by molar-refractivity contribution is 5.30. The molecule has 0 saturated carbocycles. The summed E-state index contributed by atoms with van der Waals surface area (Å²) in [4.78, 5) is 2.47. The van der Waals surface area contributed by atoms with Crippen LogP contribution in [0.25, 0.3) is 0 Å².